The maximum Gasteiger partial charge on any atom is 0.276 e. The number of H-pyrrole nitrogens is 1. The molecule has 8 heteroatoms. The average molecular weight is 492 g/mol. The van der Waals surface area contributed by atoms with Crippen molar-refractivity contribution >= 4 is 22.8 Å². The Balaban J connectivity index is 1.20. The van der Waals surface area contributed by atoms with E-state index >= 15 is 0 Å². The Bertz CT molecular complexity index is 1190. The maximum atomic E-state index is 12.7. The van der Waals surface area contributed by atoms with Crippen molar-refractivity contribution in [3.63, 3.8) is 0 Å². The minimum atomic E-state index is -0.0765. The van der Waals surface area contributed by atoms with Crippen molar-refractivity contribution < 1.29 is 4.74 Å². The highest BCUT2D eigenvalue weighted by atomic mass is 32.1. The fraction of sp³-hybridized carbons (Fsp3) is 0.519. The summed E-state index contributed by atoms with van der Waals surface area (Å²) in [6.45, 7) is 3.93. The molecule has 2 aromatic heterocycles. The zero-order valence-electron chi connectivity index (χ0n) is 20.2. The van der Waals surface area contributed by atoms with Gasteiger partial charge in [0.1, 0.15) is 11.9 Å². The first-order valence-electron chi connectivity index (χ1n) is 12.7. The number of nitrogens with zero attached hydrogens (tertiary/aromatic N) is 3. The maximum absolute atomic E-state index is 12.7. The highest BCUT2D eigenvalue weighted by Gasteiger charge is 2.56. The van der Waals surface area contributed by atoms with Crippen molar-refractivity contribution in [1.82, 2.24) is 15.0 Å². The third-order valence-electron chi connectivity index (χ3n) is 8.58. The lowest BCUT2D eigenvalue weighted by Crippen LogP contribution is -2.57. The summed E-state index contributed by atoms with van der Waals surface area (Å²) in [4.78, 5) is 26.8. The number of nitrogens with one attached hydrogen (secondary N) is 2. The van der Waals surface area contributed by atoms with Gasteiger partial charge in [-0.3, -0.25) is 4.79 Å². The minimum absolute atomic E-state index is 0.0765. The van der Waals surface area contributed by atoms with Gasteiger partial charge in [-0.25, -0.2) is 9.97 Å². The number of aromatic amines is 1. The number of benzene rings is 1. The molecule has 3 saturated carbocycles. The van der Waals surface area contributed by atoms with Crippen LogP contribution in [0.1, 0.15) is 51.0 Å². The van der Waals surface area contributed by atoms with Crippen molar-refractivity contribution in [2.45, 2.75) is 58.0 Å². The van der Waals surface area contributed by atoms with E-state index in [0.717, 1.165) is 69.1 Å². The number of aromatic nitrogens is 3. The van der Waals surface area contributed by atoms with Gasteiger partial charge in [0.15, 0.2) is 5.82 Å². The molecule has 7 rings (SSSR count). The van der Waals surface area contributed by atoms with Crippen LogP contribution >= 0.6 is 11.3 Å². The van der Waals surface area contributed by atoms with E-state index in [-0.39, 0.29) is 22.6 Å². The molecule has 1 aliphatic heterocycles. The quantitative estimate of drug-likeness (QED) is 0.457. The predicted molar refractivity (Wildman–Crippen MR) is 139 cm³/mol. The molecule has 2 atom stereocenters. The van der Waals surface area contributed by atoms with Gasteiger partial charge in [0, 0.05) is 29.0 Å². The van der Waals surface area contributed by atoms with E-state index in [9.17, 15) is 4.79 Å². The molecule has 184 valence electrons. The second-order valence-corrected chi connectivity index (χ2v) is 11.7. The van der Waals surface area contributed by atoms with Crippen LogP contribution in [-0.2, 0) is 6.42 Å². The Hall–Kier alpha value is -2.87. The Morgan fingerprint density at radius 2 is 1.91 bits per heavy atom. The van der Waals surface area contributed by atoms with Crippen molar-refractivity contribution in [1.29, 1.82) is 0 Å². The molecule has 0 saturated heterocycles. The van der Waals surface area contributed by atoms with Crippen LogP contribution in [0.15, 0.2) is 53.0 Å². The summed E-state index contributed by atoms with van der Waals surface area (Å²) in [6.07, 6.45) is 11.3. The number of hydrogen-bond donors (Lipinski definition) is 2. The fourth-order valence-corrected chi connectivity index (χ4v) is 7.07. The highest BCUT2D eigenvalue weighted by Crippen LogP contribution is 2.60. The fourth-order valence-electron chi connectivity index (χ4n) is 6.58. The number of rotatable bonds is 8. The molecule has 3 fully saturated rings. The zero-order valence-corrected chi connectivity index (χ0v) is 21.0. The molecule has 2 bridgehead atoms. The van der Waals surface area contributed by atoms with Gasteiger partial charge in [-0.05, 0) is 56.4 Å². The second-order valence-electron chi connectivity index (χ2n) is 10.9. The average Bonchev–Trinajstić information content (AvgIpc) is 3.54. The molecular formula is C27H33N5O2S. The van der Waals surface area contributed by atoms with Crippen molar-refractivity contribution in [3.8, 4) is 5.19 Å². The van der Waals surface area contributed by atoms with Crippen LogP contribution in [0.4, 0.5) is 11.5 Å². The number of ether oxygens (including phenoxy) is 1. The molecule has 1 aromatic carbocycles. The van der Waals surface area contributed by atoms with Gasteiger partial charge in [0.05, 0.1) is 12.9 Å². The first kappa shape index (κ1) is 22.6. The Kier molecular flexibility index (Phi) is 5.79. The molecule has 0 spiro atoms. The van der Waals surface area contributed by atoms with Crippen LogP contribution in [-0.4, -0.2) is 34.3 Å². The molecule has 2 N–H and O–H groups in total. The predicted octanol–water partition coefficient (Wildman–Crippen LogP) is 5.08. The largest absolute Gasteiger partial charge is 0.469 e. The zero-order chi connectivity index (χ0) is 23.9. The molecule has 7 nitrogen and oxygen atoms in total. The molecule has 3 aromatic rings. The molecule has 3 aliphatic carbocycles. The normalized spacial score (nSPS) is 27.9. The number of thiazole rings is 1. The van der Waals surface area contributed by atoms with E-state index in [1.165, 1.54) is 5.56 Å². The summed E-state index contributed by atoms with van der Waals surface area (Å²) in [5.74, 6) is 1.24. The van der Waals surface area contributed by atoms with Gasteiger partial charge in [-0.1, -0.05) is 48.6 Å². The summed E-state index contributed by atoms with van der Waals surface area (Å²) in [5, 5.41) is 6.40. The summed E-state index contributed by atoms with van der Waals surface area (Å²) in [5.41, 5.74) is 2.30. The first-order valence-corrected chi connectivity index (χ1v) is 13.6. The molecular weight excluding hydrogens is 458 g/mol. The van der Waals surface area contributed by atoms with Crippen LogP contribution in [0, 0.1) is 16.7 Å². The van der Waals surface area contributed by atoms with Gasteiger partial charge in [0.2, 0.25) is 0 Å². The monoisotopic (exact) mass is 491 g/mol. The highest BCUT2D eigenvalue weighted by molar-refractivity contribution is 7.11. The molecule has 3 heterocycles. The van der Waals surface area contributed by atoms with Crippen LogP contribution in [0.3, 0.4) is 0 Å². The Labute approximate surface area is 210 Å². The Morgan fingerprint density at radius 1 is 1.14 bits per heavy atom. The van der Waals surface area contributed by atoms with Crippen molar-refractivity contribution in [2.24, 2.45) is 16.7 Å². The molecule has 35 heavy (non-hydrogen) atoms. The summed E-state index contributed by atoms with van der Waals surface area (Å²) < 4.78 is 6.09. The first-order chi connectivity index (χ1) is 17.1. The minimum Gasteiger partial charge on any atom is -0.469 e. The van der Waals surface area contributed by atoms with Crippen LogP contribution in [0.2, 0.25) is 0 Å². The van der Waals surface area contributed by atoms with E-state index < -0.39 is 0 Å². The van der Waals surface area contributed by atoms with E-state index in [1.54, 1.807) is 23.9 Å². The van der Waals surface area contributed by atoms with E-state index in [0.29, 0.717) is 11.6 Å². The third kappa shape index (κ3) is 4.22. The molecule has 0 amide bonds. The third-order valence-corrected chi connectivity index (χ3v) is 9.27. The summed E-state index contributed by atoms with van der Waals surface area (Å²) in [6, 6.07) is 10.7. The lowest BCUT2D eigenvalue weighted by atomic mass is 9.53. The number of hydrogen-bond acceptors (Lipinski definition) is 7. The van der Waals surface area contributed by atoms with E-state index in [1.807, 2.05) is 5.38 Å². The van der Waals surface area contributed by atoms with Crippen molar-refractivity contribution in [2.75, 3.05) is 23.4 Å². The van der Waals surface area contributed by atoms with E-state index in [2.05, 4.69) is 62.4 Å². The second kappa shape index (κ2) is 8.97. The number of anilines is 2. The standard InChI is InChI=1S/C27H33N5O2S/c1-19(15-20-5-3-2-4-6-20)16-32-22-21(23(33)30-18-29-22)31-24(32)27-10-7-26(8-11-27,9-12-27)17-34-25-28-13-14-35-25/h2-6,13-14,18-19,24,31H,7-12,15-17H2,1H3,(H,29,30,33). The summed E-state index contributed by atoms with van der Waals surface area (Å²) in [7, 11) is 0. The van der Waals surface area contributed by atoms with Gasteiger partial charge < -0.3 is 19.9 Å². The lowest BCUT2D eigenvalue weighted by molar-refractivity contribution is -0.0449. The van der Waals surface area contributed by atoms with Crippen LogP contribution in [0.25, 0.3) is 0 Å². The van der Waals surface area contributed by atoms with Gasteiger partial charge >= 0.3 is 0 Å². The lowest BCUT2D eigenvalue weighted by Gasteiger charge is -2.56. The molecule has 4 aliphatic rings. The van der Waals surface area contributed by atoms with Gasteiger partial charge in [-0.15, -0.1) is 0 Å². The smallest absolute Gasteiger partial charge is 0.276 e. The SMILES string of the molecule is CC(Cc1ccccc1)CN1c2nc[nH]c(=O)c2NC1C12CCC(COc3nccs3)(CC1)CC2. The van der Waals surface area contributed by atoms with Crippen LogP contribution < -0.4 is 20.5 Å². The number of fused-ring (bicyclic) bond motifs is 4. The van der Waals surface area contributed by atoms with Crippen molar-refractivity contribution in [3.05, 3.63) is 64.2 Å². The Morgan fingerprint density at radius 3 is 2.63 bits per heavy atom. The van der Waals surface area contributed by atoms with E-state index in [4.69, 9.17) is 4.74 Å². The van der Waals surface area contributed by atoms with Crippen LogP contribution in [0.5, 0.6) is 5.19 Å². The summed E-state index contributed by atoms with van der Waals surface area (Å²) >= 11 is 1.56. The molecule has 2 unspecified atom stereocenters. The van der Waals surface area contributed by atoms with Gasteiger partial charge in [0.25, 0.3) is 10.8 Å². The molecule has 0 radical (unpaired) electrons. The topological polar surface area (TPSA) is 83.1 Å². The van der Waals surface area contributed by atoms with Gasteiger partial charge in [-0.2, -0.15) is 0 Å².